The number of carbonyl (C=O) groups excluding carboxylic acids is 1. The van der Waals surface area contributed by atoms with Gasteiger partial charge in [-0.1, -0.05) is 6.42 Å². The lowest BCUT2D eigenvalue weighted by atomic mass is 9.96. The van der Waals surface area contributed by atoms with E-state index in [2.05, 4.69) is 26.7 Å². The summed E-state index contributed by atoms with van der Waals surface area (Å²) in [4.78, 5) is 17.4. The predicted octanol–water partition coefficient (Wildman–Crippen LogP) is 3.03. The molecule has 152 valence electrons. The molecular weight excluding hydrogens is 354 g/mol. The van der Waals surface area contributed by atoms with Crippen molar-refractivity contribution in [3.8, 4) is 0 Å². The van der Waals surface area contributed by atoms with Crippen molar-refractivity contribution in [2.45, 2.75) is 58.4 Å². The van der Waals surface area contributed by atoms with E-state index in [1.807, 2.05) is 24.8 Å². The first-order valence-electron chi connectivity index (χ1n) is 10.5. The molecule has 2 aromatic heterocycles. The van der Waals surface area contributed by atoms with E-state index < -0.39 is 0 Å². The highest BCUT2D eigenvalue weighted by atomic mass is 16.3. The van der Waals surface area contributed by atoms with Crippen LogP contribution < -0.4 is 0 Å². The van der Waals surface area contributed by atoms with E-state index in [0.29, 0.717) is 17.9 Å². The number of hydrogen-bond donors (Lipinski definition) is 0. The van der Waals surface area contributed by atoms with Gasteiger partial charge in [0, 0.05) is 26.1 Å². The molecule has 0 aliphatic carbocycles. The fourth-order valence-electron chi connectivity index (χ4n) is 4.57. The van der Waals surface area contributed by atoms with Gasteiger partial charge in [0.15, 0.2) is 0 Å². The number of hydrogen-bond acceptors (Lipinski definition) is 5. The van der Waals surface area contributed by atoms with Crippen molar-refractivity contribution < 1.29 is 9.21 Å². The summed E-state index contributed by atoms with van der Waals surface area (Å²) < 4.78 is 7.71. The quantitative estimate of drug-likeness (QED) is 0.809. The van der Waals surface area contributed by atoms with Crippen LogP contribution in [0.5, 0.6) is 0 Å². The SMILES string of the molecule is Cc1cc(C(=O)N2CCC[C@H](c3nnc(CN4CCCCC4)n3C)C2)c(C)o1. The first-order valence-corrected chi connectivity index (χ1v) is 10.5. The highest BCUT2D eigenvalue weighted by Crippen LogP contribution is 2.28. The third kappa shape index (κ3) is 3.85. The number of aromatic nitrogens is 3. The van der Waals surface area contributed by atoms with E-state index in [-0.39, 0.29) is 11.8 Å². The maximum absolute atomic E-state index is 13.0. The van der Waals surface area contributed by atoms with Gasteiger partial charge in [-0.05, 0) is 58.7 Å². The Balaban J connectivity index is 1.46. The normalized spacial score (nSPS) is 21.2. The molecule has 2 aromatic rings. The molecule has 2 aliphatic rings. The second-order valence-corrected chi connectivity index (χ2v) is 8.29. The Morgan fingerprint density at radius 1 is 1.14 bits per heavy atom. The van der Waals surface area contributed by atoms with Gasteiger partial charge in [-0.3, -0.25) is 9.69 Å². The van der Waals surface area contributed by atoms with Crippen LogP contribution in [0.1, 0.15) is 71.5 Å². The Morgan fingerprint density at radius 2 is 1.93 bits per heavy atom. The van der Waals surface area contributed by atoms with E-state index in [0.717, 1.165) is 56.4 Å². The number of nitrogens with zero attached hydrogens (tertiary/aromatic N) is 5. The lowest BCUT2D eigenvalue weighted by Crippen LogP contribution is -2.40. The van der Waals surface area contributed by atoms with Crippen molar-refractivity contribution in [3.05, 3.63) is 34.8 Å². The van der Waals surface area contributed by atoms with E-state index in [9.17, 15) is 4.79 Å². The Hall–Kier alpha value is -2.15. The zero-order chi connectivity index (χ0) is 19.7. The Bertz CT molecular complexity index is 834. The van der Waals surface area contributed by atoms with Crippen LogP contribution in [0, 0.1) is 13.8 Å². The van der Waals surface area contributed by atoms with Crippen molar-refractivity contribution >= 4 is 5.91 Å². The lowest BCUT2D eigenvalue weighted by molar-refractivity contribution is 0.0701. The molecule has 2 saturated heterocycles. The molecule has 7 nitrogen and oxygen atoms in total. The van der Waals surface area contributed by atoms with Gasteiger partial charge in [-0.25, -0.2) is 0 Å². The molecule has 2 aliphatic heterocycles. The third-order valence-corrected chi connectivity index (χ3v) is 6.16. The van der Waals surface area contributed by atoms with E-state index >= 15 is 0 Å². The summed E-state index contributed by atoms with van der Waals surface area (Å²) in [6.45, 7) is 8.39. The van der Waals surface area contributed by atoms with Crippen molar-refractivity contribution in [1.82, 2.24) is 24.6 Å². The zero-order valence-corrected chi connectivity index (χ0v) is 17.3. The highest BCUT2D eigenvalue weighted by molar-refractivity contribution is 5.95. The molecule has 0 bridgehead atoms. The molecule has 1 amide bonds. The molecular formula is C21H31N5O2. The third-order valence-electron chi connectivity index (χ3n) is 6.16. The van der Waals surface area contributed by atoms with Crippen molar-refractivity contribution in [2.75, 3.05) is 26.2 Å². The molecule has 1 atom stereocenters. The van der Waals surface area contributed by atoms with E-state index in [1.165, 1.54) is 19.3 Å². The summed E-state index contributed by atoms with van der Waals surface area (Å²) in [7, 11) is 2.07. The van der Waals surface area contributed by atoms with Gasteiger partial charge in [-0.15, -0.1) is 10.2 Å². The van der Waals surface area contributed by atoms with Crippen LogP contribution in [0.25, 0.3) is 0 Å². The maximum Gasteiger partial charge on any atom is 0.257 e. The molecule has 0 radical (unpaired) electrons. The minimum absolute atomic E-state index is 0.0646. The standard InChI is InChI=1S/C21H31N5O2/c1-15-12-18(16(2)28-15)21(27)26-11-7-8-17(13-26)20-23-22-19(24(20)3)14-25-9-5-4-6-10-25/h12,17H,4-11,13-14H2,1-3H3/t17-/m0/s1. The van der Waals surface area contributed by atoms with Crippen LogP contribution in [-0.4, -0.2) is 56.7 Å². The summed E-state index contributed by atoms with van der Waals surface area (Å²) >= 11 is 0. The Morgan fingerprint density at radius 3 is 2.64 bits per heavy atom. The van der Waals surface area contributed by atoms with Crippen molar-refractivity contribution in [3.63, 3.8) is 0 Å². The van der Waals surface area contributed by atoms with Crippen molar-refractivity contribution in [2.24, 2.45) is 7.05 Å². The van der Waals surface area contributed by atoms with E-state index in [1.54, 1.807) is 0 Å². The van der Waals surface area contributed by atoms with Gasteiger partial charge in [0.25, 0.3) is 5.91 Å². The molecule has 7 heteroatoms. The van der Waals surface area contributed by atoms with Crippen LogP contribution in [0.15, 0.2) is 10.5 Å². The molecule has 0 unspecified atom stereocenters. The maximum atomic E-state index is 13.0. The molecule has 0 saturated carbocycles. The topological polar surface area (TPSA) is 67.4 Å². The van der Waals surface area contributed by atoms with Crippen LogP contribution >= 0.6 is 0 Å². The summed E-state index contributed by atoms with van der Waals surface area (Å²) in [5.74, 6) is 3.82. The largest absolute Gasteiger partial charge is 0.466 e. The number of piperidine rings is 2. The first kappa shape index (κ1) is 19.2. The molecule has 2 fully saturated rings. The molecule has 0 spiro atoms. The summed E-state index contributed by atoms with van der Waals surface area (Å²) in [6.07, 6.45) is 5.92. The first-order chi connectivity index (χ1) is 13.5. The molecule has 4 rings (SSSR count). The minimum atomic E-state index is 0.0646. The van der Waals surface area contributed by atoms with Gasteiger partial charge in [0.1, 0.15) is 23.2 Å². The molecule has 0 N–H and O–H groups in total. The highest BCUT2D eigenvalue weighted by Gasteiger charge is 2.30. The lowest BCUT2D eigenvalue weighted by Gasteiger charge is -2.32. The van der Waals surface area contributed by atoms with Gasteiger partial charge in [-0.2, -0.15) is 0 Å². The second kappa shape index (κ2) is 8.07. The van der Waals surface area contributed by atoms with E-state index in [4.69, 9.17) is 4.42 Å². The van der Waals surface area contributed by atoms with Crippen LogP contribution in [0.3, 0.4) is 0 Å². The van der Waals surface area contributed by atoms with Crippen molar-refractivity contribution in [1.29, 1.82) is 0 Å². The number of rotatable bonds is 4. The number of amides is 1. The smallest absolute Gasteiger partial charge is 0.257 e. The molecule has 4 heterocycles. The predicted molar refractivity (Wildman–Crippen MR) is 106 cm³/mol. The number of furan rings is 1. The second-order valence-electron chi connectivity index (χ2n) is 8.29. The van der Waals surface area contributed by atoms with Crippen LogP contribution in [0.4, 0.5) is 0 Å². The van der Waals surface area contributed by atoms with Crippen LogP contribution in [-0.2, 0) is 13.6 Å². The molecule has 28 heavy (non-hydrogen) atoms. The number of carbonyl (C=O) groups is 1. The van der Waals surface area contributed by atoms with Gasteiger partial charge >= 0.3 is 0 Å². The Labute approximate surface area is 166 Å². The fraction of sp³-hybridized carbons (Fsp3) is 0.667. The minimum Gasteiger partial charge on any atom is -0.466 e. The number of aryl methyl sites for hydroxylation is 2. The van der Waals surface area contributed by atoms with Gasteiger partial charge in [0.2, 0.25) is 0 Å². The Kier molecular flexibility index (Phi) is 5.53. The number of likely N-dealkylation sites (tertiary alicyclic amines) is 2. The summed E-state index contributed by atoms with van der Waals surface area (Å²) in [6, 6.07) is 1.85. The fourth-order valence-corrected chi connectivity index (χ4v) is 4.57. The summed E-state index contributed by atoms with van der Waals surface area (Å²) in [5, 5.41) is 9.01. The van der Waals surface area contributed by atoms with Gasteiger partial charge in [0.05, 0.1) is 12.1 Å². The average Bonchev–Trinajstić information content (AvgIpc) is 3.23. The average molecular weight is 386 g/mol. The van der Waals surface area contributed by atoms with Crippen LogP contribution in [0.2, 0.25) is 0 Å². The van der Waals surface area contributed by atoms with Gasteiger partial charge < -0.3 is 13.9 Å². The zero-order valence-electron chi connectivity index (χ0n) is 17.3. The summed E-state index contributed by atoms with van der Waals surface area (Å²) in [5.41, 5.74) is 0.682. The monoisotopic (exact) mass is 385 g/mol. The molecule has 0 aromatic carbocycles.